The minimum atomic E-state index is 0.217. The van der Waals surface area contributed by atoms with Crippen LogP contribution in [0.15, 0.2) is 28.9 Å². The quantitative estimate of drug-likeness (QED) is 0.811. The molecule has 4 nitrogen and oxygen atoms in total. The van der Waals surface area contributed by atoms with E-state index in [1.807, 2.05) is 12.3 Å². The fourth-order valence-corrected chi connectivity index (χ4v) is 3.75. The number of fused-ring (bicyclic) bond motifs is 1. The molecule has 1 unspecified atom stereocenters. The van der Waals surface area contributed by atoms with Crippen molar-refractivity contribution in [3.05, 3.63) is 33.9 Å². The predicted molar refractivity (Wildman–Crippen MR) is 95.0 cm³/mol. The lowest BCUT2D eigenvalue weighted by molar-refractivity contribution is 0.0248. The number of hydrogen-bond acceptors (Lipinski definition) is 4. The Kier molecular flexibility index (Phi) is 4.88. The van der Waals surface area contributed by atoms with Gasteiger partial charge in [-0.1, -0.05) is 27.5 Å². The zero-order valence-corrected chi connectivity index (χ0v) is 15.1. The van der Waals surface area contributed by atoms with Crippen LogP contribution in [-0.4, -0.2) is 56.3 Å². The maximum atomic E-state index is 6.33. The Labute approximate surface area is 144 Å². The molecule has 0 radical (unpaired) electrons. The summed E-state index contributed by atoms with van der Waals surface area (Å²) in [7, 11) is 4.14. The highest BCUT2D eigenvalue weighted by Gasteiger charge is 2.23. The van der Waals surface area contributed by atoms with E-state index in [0.29, 0.717) is 5.02 Å². The van der Waals surface area contributed by atoms with Gasteiger partial charge in [0.25, 0.3) is 0 Å². The van der Waals surface area contributed by atoms with Gasteiger partial charge in [0.15, 0.2) is 0 Å². The minimum Gasteiger partial charge on any atom is -0.373 e. The van der Waals surface area contributed by atoms with Crippen molar-refractivity contribution in [2.24, 2.45) is 0 Å². The van der Waals surface area contributed by atoms with Crippen LogP contribution < -0.4 is 4.90 Å². The number of nitrogens with zero attached hydrogens (tertiary/aromatic N) is 3. The van der Waals surface area contributed by atoms with Crippen molar-refractivity contribution in [1.82, 2.24) is 9.88 Å². The van der Waals surface area contributed by atoms with Gasteiger partial charge in [0.1, 0.15) is 0 Å². The SMILES string of the molecule is CN(C)CC1CN(c2ccnc3c(Cl)cc(Br)cc23)CCO1. The molecule has 1 aromatic carbocycles. The standard InChI is InChI=1S/C16H19BrClN3O/c1-20(2)9-12-10-21(5-6-22-12)15-3-4-19-16-13(15)7-11(17)8-14(16)18/h3-4,7-8,12H,5-6,9-10H2,1-2H3. The molecular weight excluding hydrogens is 366 g/mol. The van der Waals surface area contributed by atoms with E-state index in [2.05, 4.69) is 56.9 Å². The molecule has 0 N–H and O–H groups in total. The van der Waals surface area contributed by atoms with Crippen LogP contribution in [0.2, 0.25) is 5.02 Å². The maximum absolute atomic E-state index is 6.33. The summed E-state index contributed by atoms with van der Waals surface area (Å²) in [5, 5.41) is 1.75. The fraction of sp³-hybridized carbons (Fsp3) is 0.438. The Bertz CT molecular complexity index is 680. The number of aromatic nitrogens is 1. The van der Waals surface area contributed by atoms with Gasteiger partial charge in [-0.15, -0.1) is 0 Å². The molecule has 3 rings (SSSR count). The zero-order chi connectivity index (χ0) is 15.7. The van der Waals surface area contributed by atoms with Crippen LogP contribution in [0, 0.1) is 0 Å². The molecular formula is C16H19BrClN3O. The number of ether oxygens (including phenoxy) is 1. The van der Waals surface area contributed by atoms with Crippen LogP contribution >= 0.6 is 27.5 Å². The molecule has 1 atom stereocenters. The summed E-state index contributed by atoms with van der Waals surface area (Å²) in [5.41, 5.74) is 2.01. The molecule has 0 amide bonds. The summed E-state index contributed by atoms with van der Waals surface area (Å²) in [6, 6.07) is 6.03. The van der Waals surface area contributed by atoms with Gasteiger partial charge in [0.2, 0.25) is 0 Å². The lowest BCUT2D eigenvalue weighted by atomic mass is 10.1. The predicted octanol–water partition coefficient (Wildman–Crippen LogP) is 3.42. The van der Waals surface area contributed by atoms with Crippen molar-refractivity contribution in [2.45, 2.75) is 6.10 Å². The number of anilines is 1. The summed E-state index contributed by atoms with van der Waals surface area (Å²) in [5.74, 6) is 0. The molecule has 1 aliphatic heterocycles. The molecule has 1 fully saturated rings. The average molecular weight is 385 g/mol. The van der Waals surface area contributed by atoms with E-state index in [1.54, 1.807) is 0 Å². The molecule has 2 heterocycles. The molecule has 6 heteroatoms. The van der Waals surface area contributed by atoms with Gasteiger partial charge in [0.05, 0.1) is 23.3 Å². The van der Waals surface area contributed by atoms with Crippen LogP contribution in [-0.2, 0) is 4.74 Å². The van der Waals surface area contributed by atoms with E-state index < -0.39 is 0 Å². The molecule has 0 aliphatic carbocycles. The molecule has 1 aliphatic rings. The van der Waals surface area contributed by atoms with E-state index in [0.717, 1.165) is 41.6 Å². The molecule has 0 saturated carbocycles. The van der Waals surface area contributed by atoms with Gasteiger partial charge in [0, 0.05) is 41.4 Å². The van der Waals surface area contributed by atoms with Crippen LogP contribution in [0.5, 0.6) is 0 Å². The number of halogens is 2. The second-order valence-corrected chi connectivity index (χ2v) is 7.14. The van der Waals surface area contributed by atoms with Gasteiger partial charge in [-0.05, 0) is 32.3 Å². The minimum absolute atomic E-state index is 0.217. The number of morpholine rings is 1. The van der Waals surface area contributed by atoms with E-state index in [-0.39, 0.29) is 6.10 Å². The summed E-state index contributed by atoms with van der Waals surface area (Å²) < 4.78 is 6.84. The summed E-state index contributed by atoms with van der Waals surface area (Å²) >= 11 is 9.85. The third-order valence-corrected chi connectivity index (χ3v) is 4.53. The zero-order valence-electron chi connectivity index (χ0n) is 12.7. The molecule has 22 heavy (non-hydrogen) atoms. The lowest BCUT2D eigenvalue weighted by Crippen LogP contribution is -2.46. The number of pyridine rings is 1. The molecule has 2 aromatic rings. The third kappa shape index (κ3) is 3.38. The summed E-state index contributed by atoms with van der Waals surface area (Å²) in [6.45, 7) is 3.42. The topological polar surface area (TPSA) is 28.6 Å². The first-order chi connectivity index (χ1) is 10.5. The third-order valence-electron chi connectivity index (χ3n) is 3.79. The number of hydrogen-bond donors (Lipinski definition) is 0. The second kappa shape index (κ2) is 6.71. The molecule has 0 spiro atoms. The highest BCUT2D eigenvalue weighted by molar-refractivity contribution is 9.10. The Morgan fingerprint density at radius 3 is 3.05 bits per heavy atom. The lowest BCUT2D eigenvalue weighted by Gasteiger charge is -2.36. The largest absolute Gasteiger partial charge is 0.373 e. The Balaban J connectivity index is 1.95. The van der Waals surface area contributed by atoms with Crippen molar-refractivity contribution in [2.75, 3.05) is 45.2 Å². The van der Waals surface area contributed by atoms with E-state index in [1.165, 1.54) is 5.69 Å². The first-order valence-corrected chi connectivity index (χ1v) is 8.47. The molecule has 1 aromatic heterocycles. The Morgan fingerprint density at radius 2 is 2.27 bits per heavy atom. The average Bonchev–Trinajstić information content (AvgIpc) is 2.46. The smallest absolute Gasteiger partial charge is 0.0909 e. The molecule has 1 saturated heterocycles. The molecule has 0 bridgehead atoms. The monoisotopic (exact) mass is 383 g/mol. The summed E-state index contributed by atoms with van der Waals surface area (Å²) in [4.78, 5) is 8.95. The first kappa shape index (κ1) is 16.0. The van der Waals surface area contributed by atoms with Crippen molar-refractivity contribution in [3.8, 4) is 0 Å². The summed E-state index contributed by atoms with van der Waals surface area (Å²) in [6.07, 6.45) is 2.04. The van der Waals surface area contributed by atoms with Gasteiger partial charge < -0.3 is 14.5 Å². The van der Waals surface area contributed by atoms with Crippen LogP contribution in [0.3, 0.4) is 0 Å². The van der Waals surface area contributed by atoms with Crippen molar-refractivity contribution in [3.63, 3.8) is 0 Å². The van der Waals surface area contributed by atoms with Crippen LogP contribution in [0.1, 0.15) is 0 Å². The second-order valence-electron chi connectivity index (χ2n) is 5.81. The number of rotatable bonds is 3. The van der Waals surface area contributed by atoms with E-state index in [9.17, 15) is 0 Å². The van der Waals surface area contributed by atoms with Gasteiger partial charge in [-0.2, -0.15) is 0 Å². The number of likely N-dealkylation sites (N-methyl/N-ethyl adjacent to an activating group) is 1. The van der Waals surface area contributed by atoms with E-state index in [4.69, 9.17) is 16.3 Å². The van der Waals surface area contributed by atoms with Gasteiger partial charge >= 0.3 is 0 Å². The van der Waals surface area contributed by atoms with Crippen LogP contribution in [0.25, 0.3) is 10.9 Å². The highest BCUT2D eigenvalue weighted by atomic mass is 79.9. The van der Waals surface area contributed by atoms with Crippen molar-refractivity contribution < 1.29 is 4.74 Å². The van der Waals surface area contributed by atoms with Gasteiger partial charge in [-0.3, -0.25) is 4.98 Å². The van der Waals surface area contributed by atoms with Crippen molar-refractivity contribution in [1.29, 1.82) is 0 Å². The Morgan fingerprint density at radius 1 is 1.45 bits per heavy atom. The first-order valence-electron chi connectivity index (χ1n) is 7.29. The highest BCUT2D eigenvalue weighted by Crippen LogP contribution is 2.33. The van der Waals surface area contributed by atoms with Gasteiger partial charge in [-0.25, -0.2) is 0 Å². The van der Waals surface area contributed by atoms with E-state index >= 15 is 0 Å². The van der Waals surface area contributed by atoms with Crippen molar-refractivity contribution >= 4 is 44.1 Å². The maximum Gasteiger partial charge on any atom is 0.0909 e. The fourth-order valence-electron chi connectivity index (χ4n) is 2.90. The molecule has 118 valence electrons. The normalized spacial score (nSPS) is 19.1. The Hall–Kier alpha value is -0.880. The number of benzene rings is 1. The van der Waals surface area contributed by atoms with Crippen LogP contribution in [0.4, 0.5) is 5.69 Å².